The molecule has 6 nitrogen and oxygen atoms in total. The fraction of sp³-hybridized carbons (Fsp3) is 0.450. The van der Waals surface area contributed by atoms with E-state index in [4.69, 9.17) is 0 Å². The summed E-state index contributed by atoms with van der Waals surface area (Å²) in [5.41, 5.74) is 1.30. The molecule has 2 aromatic rings. The number of alkyl halides is 3. The SMILES string of the molecule is Cc1cc(C(=O)CN2CCN(S(C)(=O)=O)CC2)c(C)n1-c1cccc(C(F)(F)F)c1. The second kappa shape index (κ2) is 8.16. The van der Waals surface area contributed by atoms with E-state index in [1.54, 1.807) is 30.5 Å². The number of carbonyl (C=O) groups is 1. The Bertz CT molecular complexity index is 1050. The Balaban J connectivity index is 1.79. The van der Waals surface area contributed by atoms with Gasteiger partial charge in [0.05, 0.1) is 18.4 Å². The predicted octanol–water partition coefficient (Wildman–Crippen LogP) is 2.87. The number of carbonyl (C=O) groups excluding carboxylic acids is 1. The van der Waals surface area contributed by atoms with Gasteiger partial charge in [-0.1, -0.05) is 6.07 Å². The summed E-state index contributed by atoms with van der Waals surface area (Å²) in [6, 6.07) is 6.69. The fourth-order valence-corrected chi connectivity index (χ4v) is 4.60. The number of aromatic nitrogens is 1. The predicted molar refractivity (Wildman–Crippen MR) is 107 cm³/mol. The molecule has 0 amide bonds. The number of piperazine rings is 1. The van der Waals surface area contributed by atoms with Gasteiger partial charge in [-0.05, 0) is 38.1 Å². The summed E-state index contributed by atoms with van der Waals surface area (Å²) in [5, 5.41) is 0. The van der Waals surface area contributed by atoms with E-state index in [-0.39, 0.29) is 12.3 Å². The first-order valence-electron chi connectivity index (χ1n) is 9.45. The van der Waals surface area contributed by atoms with Crippen LogP contribution in [0.1, 0.15) is 27.3 Å². The quantitative estimate of drug-likeness (QED) is 0.667. The van der Waals surface area contributed by atoms with Crippen molar-refractivity contribution in [1.29, 1.82) is 0 Å². The molecule has 0 bridgehead atoms. The summed E-state index contributed by atoms with van der Waals surface area (Å²) in [5.74, 6) is -0.144. The van der Waals surface area contributed by atoms with E-state index in [0.29, 0.717) is 48.8 Å². The summed E-state index contributed by atoms with van der Waals surface area (Å²) in [6.45, 7) is 5.14. The van der Waals surface area contributed by atoms with E-state index in [2.05, 4.69) is 0 Å². The van der Waals surface area contributed by atoms with E-state index in [1.807, 2.05) is 4.90 Å². The highest BCUT2D eigenvalue weighted by Crippen LogP contribution is 2.31. The lowest BCUT2D eigenvalue weighted by Gasteiger charge is -2.32. The minimum atomic E-state index is -4.45. The molecule has 1 fully saturated rings. The molecule has 1 saturated heterocycles. The Labute approximate surface area is 173 Å². The third kappa shape index (κ3) is 4.76. The maximum Gasteiger partial charge on any atom is 0.416 e. The van der Waals surface area contributed by atoms with Crippen molar-refractivity contribution in [3.8, 4) is 5.69 Å². The number of aryl methyl sites for hydroxylation is 1. The molecule has 1 aromatic heterocycles. The summed E-state index contributed by atoms with van der Waals surface area (Å²) >= 11 is 0. The van der Waals surface area contributed by atoms with Crippen LogP contribution in [-0.2, 0) is 16.2 Å². The van der Waals surface area contributed by atoms with Crippen LogP contribution in [0.4, 0.5) is 13.2 Å². The number of sulfonamides is 1. The van der Waals surface area contributed by atoms with Crippen LogP contribution in [0.5, 0.6) is 0 Å². The highest BCUT2D eigenvalue weighted by Gasteiger charge is 2.31. The zero-order chi connectivity index (χ0) is 22.3. The number of Topliss-reactive ketones (excluding diaryl/α,β-unsaturated/α-hetero) is 1. The summed E-state index contributed by atoms with van der Waals surface area (Å²) in [7, 11) is -3.25. The number of halogens is 3. The second-order valence-electron chi connectivity index (χ2n) is 7.53. The molecule has 164 valence electrons. The Hall–Kier alpha value is -2.17. The first-order valence-corrected chi connectivity index (χ1v) is 11.3. The molecule has 0 saturated carbocycles. The van der Waals surface area contributed by atoms with Gasteiger partial charge >= 0.3 is 6.18 Å². The highest BCUT2D eigenvalue weighted by molar-refractivity contribution is 7.88. The molecule has 0 radical (unpaired) electrons. The van der Waals surface area contributed by atoms with Crippen LogP contribution in [0.25, 0.3) is 5.69 Å². The smallest absolute Gasteiger partial charge is 0.318 e. The molecule has 0 N–H and O–H groups in total. The highest BCUT2D eigenvalue weighted by atomic mass is 32.2. The minimum Gasteiger partial charge on any atom is -0.318 e. The van der Waals surface area contributed by atoms with Crippen molar-refractivity contribution in [3.05, 3.63) is 52.8 Å². The average molecular weight is 443 g/mol. The maximum atomic E-state index is 13.1. The molecule has 0 spiro atoms. The topological polar surface area (TPSA) is 62.6 Å². The first kappa shape index (κ1) is 22.5. The Morgan fingerprint density at radius 1 is 1.07 bits per heavy atom. The fourth-order valence-electron chi connectivity index (χ4n) is 3.77. The third-order valence-electron chi connectivity index (χ3n) is 5.33. The minimum absolute atomic E-state index is 0.129. The van der Waals surface area contributed by atoms with E-state index in [9.17, 15) is 26.4 Å². The van der Waals surface area contributed by atoms with Gasteiger partial charge in [-0.2, -0.15) is 17.5 Å². The molecule has 2 heterocycles. The van der Waals surface area contributed by atoms with Crippen molar-refractivity contribution >= 4 is 15.8 Å². The molecule has 1 aromatic carbocycles. The van der Waals surface area contributed by atoms with Gasteiger partial charge in [0.25, 0.3) is 0 Å². The van der Waals surface area contributed by atoms with E-state index >= 15 is 0 Å². The van der Waals surface area contributed by atoms with Gasteiger partial charge in [-0.25, -0.2) is 8.42 Å². The van der Waals surface area contributed by atoms with Gasteiger partial charge < -0.3 is 4.57 Å². The lowest BCUT2D eigenvalue weighted by molar-refractivity contribution is -0.137. The molecular formula is C20H24F3N3O3S. The molecule has 0 unspecified atom stereocenters. The normalized spacial score (nSPS) is 16.7. The summed E-state index contributed by atoms with van der Waals surface area (Å²) < 4.78 is 65.5. The molecule has 30 heavy (non-hydrogen) atoms. The lowest BCUT2D eigenvalue weighted by atomic mass is 10.1. The van der Waals surface area contributed by atoms with Crippen LogP contribution in [0.15, 0.2) is 30.3 Å². The molecule has 0 aliphatic carbocycles. The van der Waals surface area contributed by atoms with Gasteiger partial charge in [0.2, 0.25) is 10.0 Å². The van der Waals surface area contributed by atoms with Crippen LogP contribution < -0.4 is 0 Å². The lowest BCUT2D eigenvalue weighted by Crippen LogP contribution is -2.49. The summed E-state index contributed by atoms with van der Waals surface area (Å²) in [6.07, 6.45) is -3.28. The zero-order valence-electron chi connectivity index (χ0n) is 17.0. The monoisotopic (exact) mass is 443 g/mol. The number of ketones is 1. The van der Waals surface area contributed by atoms with Crippen LogP contribution in [0.3, 0.4) is 0 Å². The van der Waals surface area contributed by atoms with Crippen molar-refractivity contribution in [3.63, 3.8) is 0 Å². The number of nitrogens with zero attached hydrogens (tertiary/aromatic N) is 3. The average Bonchev–Trinajstić information content (AvgIpc) is 2.95. The maximum absolute atomic E-state index is 13.1. The number of rotatable bonds is 5. The molecule has 3 rings (SSSR count). The molecule has 1 aliphatic heterocycles. The van der Waals surface area contributed by atoms with Gasteiger partial charge in [-0.15, -0.1) is 0 Å². The van der Waals surface area contributed by atoms with Crippen LogP contribution in [-0.4, -0.2) is 67.0 Å². The first-order chi connectivity index (χ1) is 13.9. The molecule has 10 heteroatoms. The van der Waals surface area contributed by atoms with Gasteiger partial charge in [0, 0.05) is 48.8 Å². The van der Waals surface area contributed by atoms with E-state index in [1.165, 1.54) is 10.4 Å². The van der Waals surface area contributed by atoms with Crippen molar-refractivity contribution in [2.45, 2.75) is 20.0 Å². The van der Waals surface area contributed by atoms with Crippen molar-refractivity contribution < 1.29 is 26.4 Å². The number of hydrogen-bond donors (Lipinski definition) is 0. The standard InChI is InChI=1S/C20H24F3N3O3S/c1-14-11-18(19(27)13-24-7-9-25(10-8-24)30(3,28)29)15(2)26(14)17-6-4-5-16(12-17)20(21,22)23/h4-6,11-12H,7-10,13H2,1-3H3. The Morgan fingerprint density at radius 3 is 2.27 bits per heavy atom. The third-order valence-corrected chi connectivity index (χ3v) is 6.63. The van der Waals surface area contributed by atoms with Crippen LogP contribution in [0.2, 0.25) is 0 Å². The van der Waals surface area contributed by atoms with Crippen LogP contribution >= 0.6 is 0 Å². The van der Waals surface area contributed by atoms with Crippen LogP contribution in [0, 0.1) is 13.8 Å². The molecule has 0 atom stereocenters. The van der Waals surface area contributed by atoms with E-state index < -0.39 is 21.8 Å². The summed E-state index contributed by atoms with van der Waals surface area (Å²) in [4.78, 5) is 14.8. The van der Waals surface area contributed by atoms with Gasteiger partial charge in [0.15, 0.2) is 5.78 Å². The van der Waals surface area contributed by atoms with Crippen molar-refractivity contribution in [2.75, 3.05) is 39.0 Å². The Morgan fingerprint density at radius 2 is 1.70 bits per heavy atom. The number of benzene rings is 1. The zero-order valence-corrected chi connectivity index (χ0v) is 17.8. The van der Waals surface area contributed by atoms with Gasteiger partial charge in [-0.3, -0.25) is 9.69 Å². The van der Waals surface area contributed by atoms with Crippen molar-refractivity contribution in [1.82, 2.24) is 13.8 Å². The molecule has 1 aliphatic rings. The van der Waals surface area contributed by atoms with Gasteiger partial charge in [0.1, 0.15) is 0 Å². The number of hydrogen-bond acceptors (Lipinski definition) is 4. The largest absolute Gasteiger partial charge is 0.416 e. The van der Waals surface area contributed by atoms with Crippen molar-refractivity contribution in [2.24, 2.45) is 0 Å². The Kier molecular flexibility index (Phi) is 6.13. The molecular weight excluding hydrogens is 419 g/mol. The second-order valence-corrected chi connectivity index (χ2v) is 9.51. The van der Waals surface area contributed by atoms with E-state index in [0.717, 1.165) is 18.4 Å².